The minimum atomic E-state index is -0.187. The third-order valence-corrected chi connectivity index (χ3v) is 2.51. The molecule has 0 spiro atoms. The highest BCUT2D eigenvalue weighted by Gasteiger charge is 2.22. The van der Waals surface area contributed by atoms with Crippen molar-refractivity contribution in [3.63, 3.8) is 0 Å². The van der Waals surface area contributed by atoms with Gasteiger partial charge < -0.3 is 10.6 Å². The normalized spacial score (nSPS) is 18.8. The molecule has 2 N–H and O–H groups in total. The van der Waals surface area contributed by atoms with E-state index >= 15 is 0 Å². The van der Waals surface area contributed by atoms with Gasteiger partial charge in [-0.3, -0.25) is 0 Å². The van der Waals surface area contributed by atoms with Gasteiger partial charge in [-0.05, 0) is 17.5 Å². The molecule has 0 saturated heterocycles. The second-order valence-electron chi connectivity index (χ2n) is 4.53. The van der Waals surface area contributed by atoms with E-state index < -0.39 is 0 Å². The summed E-state index contributed by atoms with van der Waals surface area (Å²) in [6.45, 7) is 5.94. The van der Waals surface area contributed by atoms with Gasteiger partial charge in [0, 0.05) is 13.1 Å². The van der Waals surface area contributed by atoms with Crippen molar-refractivity contribution in [1.82, 2.24) is 0 Å². The van der Waals surface area contributed by atoms with Crippen LogP contribution < -0.4 is 10.6 Å². The van der Waals surface area contributed by atoms with Crippen LogP contribution in [0.15, 0.2) is 18.2 Å². The van der Waals surface area contributed by atoms with Gasteiger partial charge in [0.15, 0.2) is 0 Å². The predicted molar refractivity (Wildman–Crippen MR) is 57.2 cm³/mol. The van der Waals surface area contributed by atoms with Gasteiger partial charge in [0.05, 0.1) is 11.4 Å². The van der Waals surface area contributed by atoms with Gasteiger partial charge in [-0.1, -0.05) is 19.9 Å². The van der Waals surface area contributed by atoms with Gasteiger partial charge in [0.25, 0.3) is 0 Å². The van der Waals surface area contributed by atoms with Crippen LogP contribution in [0.1, 0.15) is 13.8 Å². The quantitative estimate of drug-likeness (QED) is 0.663. The number of hydrogen-bond donors (Lipinski definition) is 2. The van der Waals surface area contributed by atoms with Crippen LogP contribution in [-0.4, -0.2) is 13.1 Å². The molecule has 0 amide bonds. The molecule has 1 aromatic carbocycles. The number of rotatable bonds is 0. The zero-order chi connectivity index (χ0) is 10.2. The molecule has 2 nitrogen and oxygen atoms in total. The van der Waals surface area contributed by atoms with E-state index in [2.05, 4.69) is 24.5 Å². The predicted octanol–water partition coefficient (Wildman–Crippen LogP) is 2.69. The third kappa shape index (κ3) is 1.67. The highest BCUT2D eigenvalue weighted by atomic mass is 19.1. The molecule has 76 valence electrons. The van der Waals surface area contributed by atoms with Crippen LogP contribution in [0.2, 0.25) is 0 Å². The number of benzene rings is 1. The summed E-state index contributed by atoms with van der Waals surface area (Å²) in [5, 5.41) is 6.40. The lowest BCUT2D eigenvalue weighted by Gasteiger charge is -2.21. The molecule has 14 heavy (non-hydrogen) atoms. The molecule has 0 aliphatic carbocycles. The summed E-state index contributed by atoms with van der Waals surface area (Å²) in [6, 6.07) is 5.10. The fourth-order valence-electron chi connectivity index (χ4n) is 1.58. The smallest absolute Gasteiger partial charge is 0.148 e. The lowest BCUT2D eigenvalue weighted by molar-refractivity contribution is 0.423. The van der Waals surface area contributed by atoms with Crippen LogP contribution in [0, 0.1) is 11.2 Å². The Hall–Kier alpha value is -1.25. The fraction of sp³-hybridized carbons (Fsp3) is 0.455. The number of fused-ring (bicyclic) bond motifs is 1. The topological polar surface area (TPSA) is 24.1 Å². The van der Waals surface area contributed by atoms with Crippen LogP contribution >= 0.6 is 0 Å². The molecule has 0 atom stereocenters. The summed E-state index contributed by atoms with van der Waals surface area (Å²) >= 11 is 0. The molecular formula is C11H15FN2. The number of halogens is 1. The summed E-state index contributed by atoms with van der Waals surface area (Å²) in [6.07, 6.45) is 0. The molecule has 1 aromatic rings. The van der Waals surface area contributed by atoms with Crippen molar-refractivity contribution in [2.45, 2.75) is 13.8 Å². The van der Waals surface area contributed by atoms with Gasteiger partial charge in [-0.2, -0.15) is 0 Å². The molecule has 0 aromatic heterocycles. The van der Waals surface area contributed by atoms with E-state index in [1.54, 1.807) is 6.07 Å². The Morgan fingerprint density at radius 3 is 2.71 bits per heavy atom. The second-order valence-corrected chi connectivity index (χ2v) is 4.53. The summed E-state index contributed by atoms with van der Waals surface area (Å²) in [7, 11) is 0. The monoisotopic (exact) mass is 194 g/mol. The van der Waals surface area contributed by atoms with E-state index in [4.69, 9.17) is 0 Å². The zero-order valence-corrected chi connectivity index (χ0v) is 8.52. The molecule has 0 saturated carbocycles. The van der Waals surface area contributed by atoms with Crippen LogP contribution in [0.5, 0.6) is 0 Å². The van der Waals surface area contributed by atoms with Crippen LogP contribution in [0.4, 0.5) is 15.8 Å². The number of para-hydroxylation sites is 1. The van der Waals surface area contributed by atoms with Gasteiger partial charge in [-0.25, -0.2) is 4.39 Å². The van der Waals surface area contributed by atoms with E-state index in [-0.39, 0.29) is 11.2 Å². The summed E-state index contributed by atoms with van der Waals surface area (Å²) in [5.41, 5.74) is 1.60. The van der Waals surface area contributed by atoms with Crippen molar-refractivity contribution in [3.05, 3.63) is 24.0 Å². The molecule has 0 unspecified atom stereocenters. The maximum absolute atomic E-state index is 13.4. The van der Waals surface area contributed by atoms with E-state index in [9.17, 15) is 4.39 Å². The Kier molecular flexibility index (Phi) is 2.10. The van der Waals surface area contributed by atoms with Crippen molar-refractivity contribution in [3.8, 4) is 0 Å². The van der Waals surface area contributed by atoms with Crippen molar-refractivity contribution in [1.29, 1.82) is 0 Å². The standard InChI is InChI=1S/C11H15FN2/c1-11(2)6-13-9-5-3-4-8(12)10(9)14-7-11/h3-5,13-14H,6-7H2,1-2H3. The average Bonchev–Trinajstić information content (AvgIpc) is 2.27. The molecule has 1 aliphatic rings. The van der Waals surface area contributed by atoms with E-state index in [1.165, 1.54) is 6.07 Å². The first-order valence-corrected chi connectivity index (χ1v) is 4.85. The molecule has 2 rings (SSSR count). The Bertz CT molecular complexity index is 347. The molecule has 0 bridgehead atoms. The highest BCUT2D eigenvalue weighted by molar-refractivity contribution is 5.70. The van der Waals surface area contributed by atoms with Crippen molar-refractivity contribution in [2.24, 2.45) is 5.41 Å². The number of hydrogen-bond acceptors (Lipinski definition) is 2. The van der Waals surface area contributed by atoms with Crippen LogP contribution in [-0.2, 0) is 0 Å². The fourth-order valence-corrected chi connectivity index (χ4v) is 1.58. The first kappa shape index (κ1) is 9.31. The minimum absolute atomic E-state index is 0.144. The molecule has 0 radical (unpaired) electrons. The molecule has 1 heterocycles. The Balaban J connectivity index is 2.34. The number of nitrogens with one attached hydrogen (secondary N) is 2. The molecule has 3 heteroatoms. The summed E-state index contributed by atoms with van der Waals surface area (Å²) in [4.78, 5) is 0. The van der Waals surface area contributed by atoms with Gasteiger partial charge in [0.1, 0.15) is 5.82 Å². The van der Waals surface area contributed by atoms with E-state index in [0.717, 1.165) is 18.8 Å². The first-order chi connectivity index (χ1) is 6.58. The maximum atomic E-state index is 13.4. The summed E-state index contributed by atoms with van der Waals surface area (Å²) < 4.78 is 13.4. The largest absolute Gasteiger partial charge is 0.383 e. The lowest BCUT2D eigenvalue weighted by atomic mass is 9.94. The summed E-state index contributed by atoms with van der Waals surface area (Å²) in [5.74, 6) is -0.187. The molecular weight excluding hydrogens is 179 g/mol. The SMILES string of the molecule is CC1(C)CNc2cccc(F)c2NC1. The van der Waals surface area contributed by atoms with Gasteiger partial charge in [-0.15, -0.1) is 0 Å². The minimum Gasteiger partial charge on any atom is -0.383 e. The van der Waals surface area contributed by atoms with E-state index in [1.807, 2.05) is 6.07 Å². The lowest BCUT2D eigenvalue weighted by Crippen LogP contribution is -2.27. The maximum Gasteiger partial charge on any atom is 0.148 e. The molecule has 1 aliphatic heterocycles. The Morgan fingerprint density at radius 2 is 1.93 bits per heavy atom. The third-order valence-electron chi connectivity index (χ3n) is 2.51. The highest BCUT2D eigenvalue weighted by Crippen LogP contribution is 2.30. The van der Waals surface area contributed by atoms with Crippen molar-refractivity contribution in [2.75, 3.05) is 23.7 Å². The Morgan fingerprint density at radius 1 is 1.21 bits per heavy atom. The number of anilines is 2. The van der Waals surface area contributed by atoms with Gasteiger partial charge in [0.2, 0.25) is 0 Å². The van der Waals surface area contributed by atoms with E-state index in [0.29, 0.717) is 5.69 Å². The average molecular weight is 194 g/mol. The van der Waals surface area contributed by atoms with Crippen LogP contribution in [0.3, 0.4) is 0 Å². The van der Waals surface area contributed by atoms with Crippen LogP contribution in [0.25, 0.3) is 0 Å². The van der Waals surface area contributed by atoms with Crippen molar-refractivity contribution >= 4 is 11.4 Å². The zero-order valence-electron chi connectivity index (χ0n) is 8.52. The Labute approximate surface area is 83.5 Å². The second kappa shape index (κ2) is 3.15. The molecule has 0 fully saturated rings. The first-order valence-electron chi connectivity index (χ1n) is 4.85. The van der Waals surface area contributed by atoms with Gasteiger partial charge >= 0.3 is 0 Å². The van der Waals surface area contributed by atoms with Crippen molar-refractivity contribution < 1.29 is 4.39 Å².